The molecule has 0 bridgehead atoms. The first kappa shape index (κ1) is 14.9. The van der Waals surface area contributed by atoms with Crippen molar-refractivity contribution in [1.82, 2.24) is 19.7 Å². The lowest BCUT2D eigenvalue weighted by Gasteiger charge is -2.20. The number of hydrogen-bond acceptors (Lipinski definition) is 5. The molecule has 0 fully saturated rings. The summed E-state index contributed by atoms with van der Waals surface area (Å²) >= 11 is 0. The first-order chi connectivity index (χ1) is 11.6. The normalized spacial score (nSPS) is 14.7. The van der Waals surface area contributed by atoms with Crippen molar-refractivity contribution in [2.45, 2.75) is 33.0 Å². The van der Waals surface area contributed by atoms with E-state index in [4.69, 9.17) is 4.42 Å². The number of aliphatic hydroxyl groups excluding tert-OH is 1. The van der Waals surface area contributed by atoms with Gasteiger partial charge in [0.2, 0.25) is 0 Å². The number of aliphatic hydroxyl groups is 1. The standard InChI is InChI=1S/C17H18N4O3/c1-11-18-15-4-3-12(7-16(15)24-11)17(23)20-5-2-6-21-14(9-20)8-13(10-22)19-21/h3-4,7-8,22H,2,5-6,9-10H2,1H3. The Hall–Kier alpha value is -2.67. The summed E-state index contributed by atoms with van der Waals surface area (Å²) in [6, 6.07) is 7.20. The van der Waals surface area contributed by atoms with Gasteiger partial charge in [-0.1, -0.05) is 0 Å². The van der Waals surface area contributed by atoms with Crippen LogP contribution in [0.4, 0.5) is 0 Å². The molecule has 3 heterocycles. The Balaban J connectivity index is 1.62. The second-order valence-electron chi connectivity index (χ2n) is 6.00. The van der Waals surface area contributed by atoms with Gasteiger partial charge in [-0.3, -0.25) is 9.48 Å². The first-order valence-electron chi connectivity index (χ1n) is 7.97. The fourth-order valence-corrected chi connectivity index (χ4v) is 3.13. The Morgan fingerprint density at radius 1 is 1.33 bits per heavy atom. The second kappa shape index (κ2) is 5.76. The quantitative estimate of drug-likeness (QED) is 0.777. The topological polar surface area (TPSA) is 84.4 Å². The molecule has 3 aromatic rings. The smallest absolute Gasteiger partial charge is 0.254 e. The largest absolute Gasteiger partial charge is 0.441 e. The third kappa shape index (κ3) is 2.56. The number of oxazole rings is 1. The van der Waals surface area contributed by atoms with E-state index in [2.05, 4.69) is 10.1 Å². The van der Waals surface area contributed by atoms with Gasteiger partial charge in [-0.2, -0.15) is 5.10 Å². The Bertz CT molecular complexity index is 912. The molecule has 0 radical (unpaired) electrons. The molecule has 1 aliphatic heterocycles. The SMILES string of the molecule is Cc1nc2ccc(C(=O)N3CCCn4nc(CO)cc4C3)cc2o1. The number of fused-ring (bicyclic) bond motifs is 2. The van der Waals surface area contributed by atoms with Gasteiger partial charge in [0.25, 0.3) is 5.91 Å². The maximum atomic E-state index is 12.9. The molecule has 0 saturated heterocycles. The third-order valence-corrected chi connectivity index (χ3v) is 4.26. The number of nitrogens with zero attached hydrogens (tertiary/aromatic N) is 4. The van der Waals surface area contributed by atoms with Crippen LogP contribution in [0.15, 0.2) is 28.7 Å². The molecule has 24 heavy (non-hydrogen) atoms. The van der Waals surface area contributed by atoms with E-state index in [0.29, 0.717) is 35.8 Å². The van der Waals surface area contributed by atoms with Gasteiger partial charge in [0.05, 0.1) is 24.5 Å². The maximum Gasteiger partial charge on any atom is 0.254 e. The predicted molar refractivity (Wildman–Crippen MR) is 86.3 cm³/mol. The average molecular weight is 326 g/mol. The van der Waals surface area contributed by atoms with Gasteiger partial charge in [0, 0.05) is 25.6 Å². The molecule has 0 aliphatic carbocycles. The lowest BCUT2D eigenvalue weighted by atomic mass is 10.1. The molecule has 0 spiro atoms. The number of amides is 1. The van der Waals surface area contributed by atoms with Crippen LogP contribution in [0.5, 0.6) is 0 Å². The van der Waals surface area contributed by atoms with Crippen molar-refractivity contribution in [1.29, 1.82) is 0 Å². The lowest BCUT2D eigenvalue weighted by Crippen LogP contribution is -2.30. The molecule has 1 aliphatic rings. The summed E-state index contributed by atoms with van der Waals surface area (Å²) in [7, 11) is 0. The molecule has 4 rings (SSSR count). The minimum absolute atomic E-state index is 0.0360. The van der Waals surface area contributed by atoms with Crippen LogP contribution >= 0.6 is 0 Å². The van der Waals surface area contributed by atoms with Gasteiger partial charge >= 0.3 is 0 Å². The average Bonchev–Trinajstić information content (AvgIpc) is 3.09. The molecule has 0 atom stereocenters. The van der Waals surface area contributed by atoms with Gasteiger partial charge < -0.3 is 14.4 Å². The Labute approximate surface area is 138 Å². The van der Waals surface area contributed by atoms with Crippen molar-refractivity contribution >= 4 is 17.0 Å². The number of aromatic nitrogens is 3. The molecule has 1 aromatic carbocycles. The number of rotatable bonds is 2. The molecule has 7 nitrogen and oxygen atoms in total. The highest BCUT2D eigenvalue weighted by atomic mass is 16.3. The number of benzene rings is 1. The second-order valence-corrected chi connectivity index (χ2v) is 6.00. The van der Waals surface area contributed by atoms with Crippen molar-refractivity contribution in [3.05, 3.63) is 47.1 Å². The summed E-state index contributed by atoms with van der Waals surface area (Å²) in [5.74, 6) is 0.552. The van der Waals surface area contributed by atoms with E-state index in [-0.39, 0.29) is 12.5 Å². The van der Waals surface area contributed by atoms with Gasteiger partial charge in [-0.05, 0) is 30.7 Å². The fraction of sp³-hybridized carbons (Fsp3) is 0.353. The number of hydrogen-bond donors (Lipinski definition) is 1. The summed E-state index contributed by atoms with van der Waals surface area (Å²) in [5.41, 5.74) is 3.56. The summed E-state index contributed by atoms with van der Waals surface area (Å²) in [6.07, 6.45) is 0.828. The van der Waals surface area contributed by atoms with Crippen molar-refractivity contribution < 1.29 is 14.3 Å². The van der Waals surface area contributed by atoms with E-state index >= 15 is 0 Å². The van der Waals surface area contributed by atoms with E-state index in [1.54, 1.807) is 19.1 Å². The third-order valence-electron chi connectivity index (χ3n) is 4.26. The maximum absolute atomic E-state index is 12.9. The van der Waals surface area contributed by atoms with Crippen LogP contribution in [0, 0.1) is 6.92 Å². The highest BCUT2D eigenvalue weighted by Gasteiger charge is 2.22. The van der Waals surface area contributed by atoms with Crippen molar-refractivity contribution in [2.75, 3.05) is 6.54 Å². The molecular formula is C17H18N4O3. The first-order valence-corrected chi connectivity index (χ1v) is 7.97. The number of carbonyl (C=O) groups is 1. The number of carbonyl (C=O) groups excluding carboxylic acids is 1. The Morgan fingerprint density at radius 2 is 2.21 bits per heavy atom. The monoisotopic (exact) mass is 326 g/mol. The van der Waals surface area contributed by atoms with Crippen LogP contribution in [0.25, 0.3) is 11.1 Å². The van der Waals surface area contributed by atoms with Crippen molar-refractivity contribution in [3.8, 4) is 0 Å². The summed E-state index contributed by atoms with van der Waals surface area (Å²) in [4.78, 5) is 18.9. The summed E-state index contributed by atoms with van der Waals surface area (Å²) in [6.45, 7) is 3.61. The van der Waals surface area contributed by atoms with Crippen LogP contribution in [0.1, 0.15) is 34.1 Å². The molecule has 0 unspecified atom stereocenters. The van der Waals surface area contributed by atoms with E-state index < -0.39 is 0 Å². The van der Waals surface area contributed by atoms with Crippen LogP contribution in [-0.2, 0) is 19.7 Å². The van der Waals surface area contributed by atoms with E-state index in [1.165, 1.54) is 0 Å². The highest BCUT2D eigenvalue weighted by Crippen LogP contribution is 2.20. The Kier molecular flexibility index (Phi) is 3.57. The van der Waals surface area contributed by atoms with Crippen LogP contribution in [0.2, 0.25) is 0 Å². The van der Waals surface area contributed by atoms with Crippen LogP contribution in [0.3, 0.4) is 0 Å². The van der Waals surface area contributed by atoms with E-state index in [9.17, 15) is 9.90 Å². The molecule has 124 valence electrons. The van der Waals surface area contributed by atoms with Crippen molar-refractivity contribution in [2.24, 2.45) is 0 Å². The summed E-state index contributed by atoms with van der Waals surface area (Å²) in [5, 5.41) is 13.6. The van der Waals surface area contributed by atoms with Gasteiger partial charge in [-0.15, -0.1) is 0 Å². The Morgan fingerprint density at radius 3 is 3.04 bits per heavy atom. The van der Waals surface area contributed by atoms with E-state index in [0.717, 1.165) is 24.2 Å². The molecule has 0 saturated carbocycles. The van der Waals surface area contributed by atoms with Gasteiger partial charge in [-0.25, -0.2) is 4.98 Å². The lowest BCUT2D eigenvalue weighted by molar-refractivity contribution is 0.0746. The van der Waals surface area contributed by atoms with Gasteiger partial charge in [0.15, 0.2) is 11.5 Å². The highest BCUT2D eigenvalue weighted by molar-refractivity contribution is 5.97. The minimum atomic E-state index is -0.0878. The number of aryl methyl sites for hydroxylation is 2. The molecule has 7 heteroatoms. The zero-order chi connectivity index (χ0) is 16.7. The van der Waals surface area contributed by atoms with E-state index in [1.807, 2.05) is 21.7 Å². The molecular weight excluding hydrogens is 308 g/mol. The fourth-order valence-electron chi connectivity index (χ4n) is 3.13. The van der Waals surface area contributed by atoms with Gasteiger partial charge in [0.1, 0.15) is 5.52 Å². The zero-order valence-corrected chi connectivity index (χ0v) is 13.4. The molecule has 2 aromatic heterocycles. The van der Waals surface area contributed by atoms with Crippen molar-refractivity contribution in [3.63, 3.8) is 0 Å². The zero-order valence-electron chi connectivity index (χ0n) is 13.4. The van der Waals surface area contributed by atoms with Crippen LogP contribution in [-0.4, -0.2) is 37.2 Å². The predicted octanol–water partition coefficient (Wildman–Crippen LogP) is 1.87. The molecule has 1 amide bonds. The van der Waals surface area contributed by atoms with Crippen LogP contribution < -0.4 is 0 Å². The molecule has 1 N–H and O–H groups in total. The minimum Gasteiger partial charge on any atom is -0.441 e. The summed E-state index contributed by atoms with van der Waals surface area (Å²) < 4.78 is 7.40.